The van der Waals surface area contributed by atoms with Gasteiger partial charge in [-0.05, 0) is 93.9 Å². The van der Waals surface area contributed by atoms with Crippen LogP contribution >= 0.6 is 23.2 Å². The van der Waals surface area contributed by atoms with Crippen molar-refractivity contribution in [3.63, 3.8) is 0 Å². The van der Waals surface area contributed by atoms with Crippen molar-refractivity contribution in [2.45, 2.75) is 113 Å². The van der Waals surface area contributed by atoms with Crippen LogP contribution in [0, 0.1) is 5.41 Å². The van der Waals surface area contributed by atoms with Crippen LogP contribution in [0.1, 0.15) is 89.9 Å². The number of hydrogen-bond donors (Lipinski definition) is 2. The van der Waals surface area contributed by atoms with Crippen molar-refractivity contribution in [1.82, 2.24) is 10.6 Å². The van der Waals surface area contributed by atoms with E-state index in [9.17, 15) is 9.59 Å². The van der Waals surface area contributed by atoms with Gasteiger partial charge in [0.2, 0.25) is 5.91 Å². The SMILES string of the molecule is O=C(COc1ccc(Cl)cc1)N[C@H]1CC[C@H](NC(=O)COC2CCCCC23CCCCC(Cl)CC3)CC1. The van der Waals surface area contributed by atoms with Crippen molar-refractivity contribution in [3.8, 4) is 5.75 Å². The highest BCUT2D eigenvalue weighted by Gasteiger charge is 2.42. The average Bonchev–Trinajstić information content (AvgIpc) is 2.89. The molecule has 3 atom stereocenters. The Morgan fingerprint density at radius 1 is 0.784 bits per heavy atom. The van der Waals surface area contributed by atoms with Gasteiger partial charge in [-0.1, -0.05) is 37.3 Å². The zero-order valence-corrected chi connectivity index (χ0v) is 23.3. The second kappa shape index (κ2) is 14.0. The van der Waals surface area contributed by atoms with Gasteiger partial charge in [0.1, 0.15) is 12.4 Å². The third-order valence-electron chi connectivity index (χ3n) is 8.53. The number of halogens is 2. The van der Waals surface area contributed by atoms with Crippen molar-refractivity contribution in [2.75, 3.05) is 13.2 Å². The van der Waals surface area contributed by atoms with Crippen LogP contribution in [0.2, 0.25) is 5.02 Å². The number of ether oxygens (including phenoxy) is 2. The number of nitrogens with one attached hydrogen (secondary N) is 2. The molecule has 8 heteroatoms. The highest BCUT2D eigenvalue weighted by molar-refractivity contribution is 6.30. The molecule has 0 bridgehead atoms. The standard InChI is InChI=1S/C29H42Cl2N2O4/c30-21-5-1-3-16-29(18-15-21)17-4-2-6-26(29)37-20-28(35)33-24-11-9-23(10-12-24)32-27(34)19-36-25-13-7-22(31)8-14-25/h7-8,13-14,21,23-24,26H,1-6,9-12,15-20H2,(H,32,34)(H,33,35)/t21?,23-,24-,26?,29?. The van der Waals surface area contributed by atoms with Gasteiger partial charge in [0, 0.05) is 22.5 Å². The highest BCUT2D eigenvalue weighted by atomic mass is 35.5. The summed E-state index contributed by atoms with van der Waals surface area (Å²) in [7, 11) is 0. The van der Waals surface area contributed by atoms with Crippen molar-refractivity contribution < 1.29 is 19.1 Å². The molecule has 37 heavy (non-hydrogen) atoms. The molecule has 206 valence electrons. The summed E-state index contributed by atoms with van der Waals surface area (Å²) in [6, 6.07) is 7.20. The van der Waals surface area contributed by atoms with Crippen LogP contribution in [0.25, 0.3) is 0 Å². The van der Waals surface area contributed by atoms with E-state index >= 15 is 0 Å². The quantitative estimate of drug-likeness (QED) is 0.378. The molecule has 0 aliphatic heterocycles. The van der Waals surface area contributed by atoms with Crippen LogP contribution in [0.4, 0.5) is 0 Å². The van der Waals surface area contributed by atoms with Crippen molar-refractivity contribution in [1.29, 1.82) is 0 Å². The first-order valence-electron chi connectivity index (χ1n) is 14.1. The molecule has 3 unspecified atom stereocenters. The summed E-state index contributed by atoms with van der Waals surface area (Å²) in [5.74, 6) is 0.461. The van der Waals surface area contributed by atoms with E-state index in [-0.39, 0.29) is 54.0 Å². The molecule has 0 saturated heterocycles. The van der Waals surface area contributed by atoms with E-state index in [1.54, 1.807) is 24.3 Å². The van der Waals surface area contributed by atoms with Gasteiger partial charge in [0.05, 0.1) is 6.10 Å². The zero-order valence-electron chi connectivity index (χ0n) is 21.8. The maximum Gasteiger partial charge on any atom is 0.258 e. The first-order valence-corrected chi connectivity index (χ1v) is 15.0. The summed E-state index contributed by atoms with van der Waals surface area (Å²) in [5, 5.41) is 7.13. The molecule has 2 amide bonds. The number of amides is 2. The first-order chi connectivity index (χ1) is 17.9. The number of carbonyl (C=O) groups is 2. The van der Waals surface area contributed by atoms with E-state index in [0.29, 0.717) is 10.8 Å². The predicted octanol–water partition coefficient (Wildman–Crippen LogP) is 6.17. The molecule has 1 aromatic rings. The molecule has 2 N–H and O–H groups in total. The second-order valence-electron chi connectivity index (χ2n) is 11.2. The largest absolute Gasteiger partial charge is 0.484 e. The maximum absolute atomic E-state index is 12.7. The molecule has 4 rings (SSSR count). The number of alkyl halides is 1. The fourth-order valence-electron chi connectivity index (χ4n) is 6.44. The maximum atomic E-state index is 12.7. The van der Waals surface area contributed by atoms with Gasteiger partial charge in [0.15, 0.2) is 6.61 Å². The van der Waals surface area contributed by atoms with Crippen molar-refractivity contribution in [3.05, 3.63) is 29.3 Å². The Labute approximate surface area is 231 Å². The molecule has 0 heterocycles. The zero-order chi connectivity index (χ0) is 26.1. The van der Waals surface area contributed by atoms with Crippen LogP contribution in [-0.2, 0) is 14.3 Å². The van der Waals surface area contributed by atoms with Crippen LogP contribution in [0.5, 0.6) is 5.75 Å². The Morgan fingerprint density at radius 3 is 2.03 bits per heavy atom. The minimum absolute atomic E-state index is 0.0226. The smallest absolute Gasteiger partial charge is 0.258 e. The predicted molar refractivity (Wildman–Crippen MR) is 147 cm³/mol. The van der Waals surface area contributed by atoms with Crippen LogP contribution in [0.3, 0.4) is 0 Å². The third kappa shape index (κ3) is 8.76. The van der Waals surface area contributed by atoms with E-state index in [1.807, 2.05) is 0 Å². The van der Waals surface area contributed by atoms with E-state index in [0.717, 1.165) is 51.4 Å². The molecule has 1 aromatic carbocycles. The topological polar surface area (TPSA) is 76.7 Å². The number of rotatable bonds is 8. The van der Waals surface area contributed by atoms with E-state index in [1.165, 1.54) is 38.5 Å². The molecular weight excluding hydrogens is 511 g/mol. The Balaban J connectivity index is 1.15. The highest BCUT2D eigenvalue weighted by Crippen LogP contribution is 2.48. The molecule has 0 radical (unpaired) electrons. The molecule has 3 aliphatic carbocycles. The minimum atomic E-state index is -0.132. The lowest BCUT2D eigenvalue weighted by Crippen LogP contribution is -2.47. The normalized spacial score (nSPS) is 30.6. The van der Waals surface area contributed by atoms with Crippen molar-refractivity contribution >= 4 is 35.0 Å². The molecule has 3 saturated carbocycles. The summed E-state index contributed by atoms with van der Waals surface area (Å²) in [6.07, 6.45) is 15.1. The lowest BCUT2D eigenvalue weighted by Gasteiger charge is -2.45. The second-order valence-corrected chi connectivity index (χ2v) is 12.3. The van der Waals surface area contributed by atoms with Gasteiger partial charge >= 0.3 is 0 Å². The van der Waals surface area contributed by atoms with E-state index in [4.69, 9.17) is 32.7 Å². The first kappa shape index (κ1) is 28.5. The van der Waals surface area contributed by atoms with Gasteiger partial charge in [-0.2, -0.15) is 0 Å². The number of carbonyl (C=O) groups excluding carboxylic acids is 2. The monoisotopic (exact) mass is 552 g/mol. The molecule has 3 fully saturated rings. The Morgan fingerprint density at radius 2 is 1.38 bits per heavy atom. The van der Waals surface area contributed by atoms with E-state index < -0.39 is 0 Å². The fourth-order valence-corrected chi connectivity index (χ4v) is 6.83. The lowest BCUT2D eigenvalue weighted by molar-refractivity contribution is -0.136. The lowest BCUT2D eigenvalue weighted by atomic mass is 9.65. The van der Waals surface area contributed by atoms with Gasteiger partial charge in [-0.25, -0.2) is 0 Å². The molecule has 6 nitrogen and oxygen atoms in total. The number of benzene rings is 1. The van der Waals surface area contributed by atoms with Crippen LogP contribution in [0.15, 0.2) is 24.3 Å². The summed E-state index contributed by atoms with van der Waals surface area (Å²) in [6.45, 7) is 0.110. The Kier molecular flexibility index (Phi) is 10.8. The summed E-state index contributed by atoms with van der Waals surface area (Å²) in [4.78, 5) is 25.0. The molecular formula is C29H42Cl2N2O4. The van der Waals surface area contributed by atoms with Crippen LogP contribution < -0.4 is 15.4 Å². The van der Waals surface area contributed by atoms with Gasteiger partial charge in [0.25, 0.3) is 5.91 Å². The summed E-state index contributed by atoms with van der Waals surface area (Å²) in [5.41, 5.74) is 0.194. The number of hydrogen-bond acceptors (Lipinski definition) is 4. The Bertz CT molecular complexity index is 875. The molecule has 0 aromatic heterocycles. The van der Waals surface area contributed by atoms with E-state index in [2.05, 4.69) is 10.6 Å². The fraction of sp³-hybridized carbons (Fsp3) is 0.724. The van der Waals surface area contributed by atoms with Gasteiger partial charge in [-0.3, -0.25) is 9.59 Å². The molecule has 1 spiro atoms. The molecule has 3 aliphatic rings. The minimum Gasteiger partial charge on any atom is -0.484 e. The van der Waals surface area contributed by atoms with Gasteiger partial charge < -0.3 is 20.1 Å². The van der Waals surface area contributed by atoms with Gasteiger partial charge in [-0.15, -0.1) is 11.6 Å². The van der Waals surface area contributed by atoms with Crippen molar-refractivity contribution in [2.24, 2.45) is 5.41 Å². The summed E-state index contributed by atoms with van der Waals surface area (Å²) < 4.78 is 11.8. The Hall–Kier alpha value is -1.50. The summed E-state index contributed by atoms with van der Waals surface area (Å²) >= 11 is 12.4. The third-order valence-corrected chi connectivity index (χ3v) is 9.22. The average molecular weight is 554 g/mol. The van der Waals surface area contributed by atoms with Crippen LogP contribution in [-0.4, -0.2) is 48.6 Å².